The van der Waals surface area contributed by atoms with Gasteiger partial charge in [-0.3, -0.25) is 14.6 Å². The van der Waals surface area contributed by atoms with Crippen LogP contribution in [0.3, 0.4) is 0 Å². The molecule has 1 amide bonds. The lowest BCUT2D eigenvalue weighted by atomic mass is 9.99. The lowest BCUT2D eigenvalue weighted by Gasteiger charge is -2.26. The third kappa shape index (κ3) is 6.87. The molecule has 0 saturated carbocycles. The molecule has 1 aliphatic rings. The largest absolute Gasteiger partial charge is 0.355 e. The number of amides is 1. The minimum atomic E-state index is -0.181. The van der Waals surface area contributed by atoms with E-state index < -0.39 is 0 Å². The number of hydrogen-bond acceptors (Lipinski definition) is 6. The van der Waals surface area contributed by atoms with E-state index in [9.17, 15) is 9.59 Å². The van der Waals surface area contributed by atoms with Gasteiger partial charge >= 0.3 is 0 Å². The lowest BCUT2D eigenvalue weighted by Crippen LogP contribution is -2.38. The molecule has 8 nitrogen and oxygen atoms in total. The van der Waals surface area contributed by atoms with Gasteiger partial charge in [-0.05, 0) is 85.9 Å². The Kier molecular flexibility index (Phi) is 9.08. The SMILES string of the molecule is CCn1nc(-c2cccc(-c3ccc(CC(=O)NCCN4CCCCC4)cc3)c2)cc(Nc2cccc3ncccc23)c1=O. The zero-order chi connectivity index (χ0) is 30.3. The van der Waals surface area contributed by atoms with E-state index in [1.54, 1.807) is 6.20 Å². The fraction of sp³-hybridized carbons (Fsp3) is 0.278. The van der Waals surface area contributed by atoms with Crippen LogP contribution in [0.15, 0.2) is 95.9 Å². The third-order valence-electron chi connectivity index (χ3n) is 8.20. The van der Waals surface area contributed by atoms with Crippen molar-refractivity contribution in [2.45, 2.75) is 39.2 Å². The summed E-state index contributed by atoms with van der Waals surface area (Å²) in [6, 6.07) is 27.8. The van der Waals surface area contributed by atoms with Crippen molar-refractivity contribution < 1.29 is 4.79 Å². The van der Waals surface area contributed by atoms with Gasteiger partial charge in [0.25, 0.3) is 5.56 Å². The standard InChI is InChI=1S/C36H38N6O2/c1-2-42-36(44)34(39-32-13-7-12-31-30(32)11-8-18-37-31)25-33(40-42)29-10-6-9-28(24-29)27-16-14-26(15-17-27)23-35(43)38-19-22-41-20-4-3-5-21-41/h6-18,24-25,39H,2-5,19-23H2,1H3,(H,38,43). The molecule has 2 aromatic heterocycles. The molecule has 0 unspecified atom stereocenters. The Hall–Kier alpha value is -4.82. The number of fused-ring (bicyclic) bond motifs is 1. The predicted octanol–water partition coefficient (Wildman–Crippen LogP) is 6.03. The van der Waals surface area contributed by atoms with Crippen molar-refractivity contribution >= 4 is 28.2 Å². The number of anilines is 2. The molecule has 3 aromatic carbocycles. The van der Waals surface area contributed by atoms with Gasteiger partial charge in [0.05, 0.1) is 17.6 Å². The van der Waals surface area contributed by atoms with Gasteiger partial charge in [-0.15, -0.1) is 0 Å². The zero-order valence-corrected chi connectivity index (χ0v) is 25.1. The topological polar surface area (TPSA) is 92.2 Å². The van der Waals surface area contributed by atoms with Gasteiger partial charge in [-0.1, -0.05) is 55.0 Å². The van der Waals surface area contributed by atoms with Crippen LogP contribution in [0.5, 0.6) is 0 Å². The summed E-state index contributed by atoms with van der Waals surface area (Å²) in [7, 11) is 0. The van der Waals surface area contributed by atoms with Gasteiger partial charge in [0.15, 0.2) is 0 Å². The van der Waals surface area contributed by atoms with Crippen molar-refractivity contribution in [3.63, 3.8) is 0 Å². The molecule has 1 aliphatic heterocycles. The number of pyridine rings is 1. The number of aryl methyl sites for hydroxylation is 1. The van der Waals surface area contributed by atoms with Crippen molar-refractivity contribution in [3.8, 4) is 22.4 Å². The Morgan fingerprint density at radius 1 is 0.841 bits per heavy atom. The normalized spacial score (nSPS) is 13.6. The minimum absolute atomic E-state index is 0.0538. The van der Waals surface area contributed by atoms with Gasteiger partial charge in [0.1, 0.15) is 5.69 Å². The zero-order valence-electron chi connectivity index (χ0n) is 25.1. The summed E-state index contributed by atoms with van der Waals surface area (Å²) in [6.07, 6.45) is 5.96. The molecule has 0 bridgehead atoms. The number of aromatic nitrogens is 3. The molecule has 5 aromatic rings. The number of piperidine rings is 1. The molecule has 1 fully saturated rings. The number of nitrogens with zero attached hydrogens (tertiary/aromatic N) is 4. The van der Waals surface area contributed by atoms with E-state index in [2.05, 4.69) is 49.9 Å². The van der Waals surface area contributed by atoms with Crippen LogP contribution in [0.25, 0.3) is 33.3 Å². The van der Waals surface area contributed by atoms with Crippen LogP contribution in [0.4, 0.5) is 11.4 Å². The lowest BCUT2D eigenvalue weighted by molar-refractivity contribution is -0.120. The number of rotatable bonds is 10. The van der Waals surface area contributed by atoms with Gasteiger partial charge in [-0.2, -0.15) is 5.10 Å². The van der Waals surface area contributed by atoms with Crippen molar-refractivity contribution in [2.75, 3.05) is 31.5 Å². The average Bonchev–Trinajstić information content (AvgIpc) is 3.07. The Bertz CT molecular complexity index is 1800. The monoisotopic (exact) mass is 586 g/mol. The first kappa shape index (κ1) is 29.3. The molecular formula is C36H38N6O2. The van der Waals surface area contributed by atoms with Gasteiger partial charge < -0.3 is 15.5 Å². The smallest absolute Gasteiger partial charge is 0.290 e. The minimum Gasteiger partial charge on any atom is -0.355 e. The van der Waals surface area contributed by atoms with Crippen LogP contribution < -0.4 is 16.2 Å². The van der Waals surface area contributed by atoms with Crippen LogP contribution in [0.2, 0.25) is 0 Å². The number of nitrogens with one attached hydrogen (secondary N) is 2. The predicted molar refractivity (Wildman–Crippen MR) is 177 cm³/mol. The van der Waals surface area contributed by atoms with Gasteiger partial charge in [0.2, 0.25) is 5.91 Å². The number of hydrogen-bond donors (Lipinski definition) is 2. The summed E-state index contributed by atoms with van der Waals surface area (Å²) in [6.45, 7) is 6.25. The molecule has 6 rings (SSSR count). The van der Waals surface area contributed by atoms with E-state index in [0.29, 0.717) is 30.9 Å². The van der Waals surface area contributed by atoms with E-state index in [0.717, 1.165) is 58.5 Å². The van der Waals surface area contributed by atoms with Crippen molar-refractivity contribution in [2.24, 2.45) is 0 Å². The molecule has 2 N–H and O–H groups in total. The third-order valence-corrected chi connectivity index (χ3v) is 8.20. The second kappa shape index (κ2) is 13.7. The molecule has 1 saturated heterocycles. The highest BCUT2D eigenvalue weighted by molar-refractivity contribution is 5.93. The van der Waals surface area contributed by atoms with Crippen LogP contribution in [-0.2, 0) is 17.8 Å². The highest BCUT2D eigenvalue weighted by Crippen LogP contribution is 2.28. The van der Waals surface area contributed by atoms with Crippen LogP contribution in [0.1, 0.15) is 31.7 Å². The maximum Gasteiger partial charge on any atom is 0.290 e. The molecule has 3 heterocycles. The van der Waals surface area contributed by atoms with Crippen molar-refractivity contribution in [1.29, 1.82) is 0 Å². The Morgan fingerprint density at radius 3 is 2.45 bits per heavy atom. The molecule has 224 valence electrons. The maximum absolute atomic E-state index is 13.2. The molecule has 0 aliphatic carbocycles. The fourth-order valence-electron chi connectivity index (χ4n) is 5.80. The number of likely N-dealkylation sites (tertiary alicyclic amines) is 1. The second-order valence-electron chi connectivity index (χ2n) is 11.3. The van der Waals surface area contributed by atoms with Crippen molar-refractivity contribution in [1.82, 2.24) is 25.0 Å². The molecule has 0 spiro atoms. The average molecular weight is 587 g/mol. The van der Waals surface area contributed by atoms with Gasteiger partial charge in [0, 0.05) is 42.5 Å². The van der Waals surface area contributed by atoms with Crippen LogP contribution in [-0.4, -0.2) is 51.8 Å². The number of carbonyl (C=O) groups excluding carboxylic acids is 1. The number of benzene rings is 3. The van der Waals surface area contributed by atoms with E-state index >= 15 is 0 Å². The number of carbonyl (C=O) groups is 1. The molecule has 0 atom stereocenters. The van der Waals surface area contributed by atoms with Crippen LogP contribution >= 0.6 is 0 Å². The van der Waals surface area contributed by atoms with E-state index in [4.69, 9.17) is 0 Å². The van der Waals surface area contributed by atoms with Crippen LogP contribution in [0, 0.1) is 0 Å². The summed E-state index contributed by atoms with van der Waals surface area (Å²) in [5.41, 5.74) is 6.62. The first-order chi connectivity index (χ1) is 21.6. The molecule has 8 heteroatoms. The van der Waals surface area contributed by atoms with Gasteiger partial charge in [-0.25, -0.2) is 4.68 Å². The fourth-order valence-corrected chi connectivity index (χ4v) is 5.80. The summed E-state index contributed by atoms with van der Waals surface area (Å²) >= 11 is 0. The summed E-state index contributed by atoms with van der Waals surface area (Å²) < 4.78 is 1.49. The Labute approximate surface area is 257 Å². The highest BCUT2D eigenvalue weighted by atomic mass is 16.1. The van der Waals surface area contributed by atoms with E-state index in [1.165, 1.54) is 23.9 Å². The second-order valence-corrected chi connectivity index (χ2v) is 11.3. The molecule has 0 radical (unpaired) electrons. The highest BCUT2D eigenvalue weighted by Gasteiger charge is 2.13. The molecule has 44 heavy (non-hydrogen) atoms. The summed E-state index contributed by atoms with van der Waals surface area (Å²) in [4.78, 5) is 32.6. The van der Waals surface area contributed by atoms with E-state index in [1.807, 2.05) is 67.6 Å². The maximum atomic E-state index is 13.2. The molecular weight excluding hydrogens is 548 g/mol. The van der Waals surface area contributed by atoms with Crippen molar-refractivity contribution in [3.05, 3.63) is 107 Å². The first-order valence-electron chi connectivity index (χ1n) is 15.5. The summed E-state index contributed by atoms with van der Waals surface area (Å²) in [5.74, 6) is 0.0538. The Morgan fingerprint density at radius 2 is 1.64 bits per heavy atom. The Balaban J connectivity index is 1.17. The first-order valence-corrected chi connectivity index (χ1v) is 15.5. The quantitative estimate of drug-likeness (QED) is 0.208. The van der Waals surface area contributed by atoms with E-state index in [-0.39, 0.29) is 11.5 Å². The summed E-state index contributed by atoms with van der Waals surface area (Å²) in [5, 5.41) is 12.0.